The van der Waals surface area contributed by atoms with E-state index in [2.05, 4.69) is 15.0 Å². The Morgan fingerprint density at radius 3 is 2.62 bits per heavy atom. The summed E-state index contributed by atoms with van der Waals surface area (Å²) in [6, 6.07) is 7.58. The third kappa shape index (κ3) is 3.31. The van der Waals surface area contributed by atoms with Crippen LogP contribution in [0, 0.1) is 11.8 Å². The van der Waals surface area contributed by atoms with Gasteiger partial charge in [0.25, 0.3) is 0 Å². The van der Waals surface area contributed by atoms with Crippen LogP contribution in [0.1, 0.15) is 18.6 Å². The lowest BCUT2D eigenvalue weighted by Crippen LogP contribution is -2.42. The van der Waals surface area contributed by atoms with E-state index in [9.17, 15) is 18.3 Å². The van der Waals surface area contributed by atoms with E-state index in [1.807, 2.05) is 0 Å². The lowest BCUT2D eigenvalue weighted by atomic mass is 9.78. The molecule has 2 aliphatic rings. The smallest absolute Gasteiger partial charge is 0.452 e. The fraction of sp³-hybridized carbons (Fsp3) is 0.500. The maximum absolute atomic E-state index is 12.8. The van der Waals surface area contributed by atoms with Gasteiger partial charge in [-0.15, -0.1) is 0 Å². The number of fused-ring (bicyclic) bond motifs is 1. The number of para-hydroxylation sites is 1. The lowest BCUT2D eigenvalue weighted by molar-refractivity contribution is -0.155. The Hall–Kier alpha value is -2.06. The summed E-state index contributed by atoms with van der Waals surface area (Å²) in [6.45, 7) is 1.81. The average Bonchev–Trinajstić information content (AvgIpc) is 3.24. The van der Waals surface area contributed by atoms with E-state index < -0.39 is 24.1 Å². The first kappa shape index (κ1) is 17.4. The summed E-state index contributed by atoms with van der Waals surface area (Å²) >= 11 is 0. The van der Waals surface area contributed by atoms with Crippen molar-refractivity contribution in [3.05, 3.63) is 36.1 Å². The van der Waals surface area contributed by atoms with Gasteiger partial charge in [-0.2, -0.15) is 13.2 Å². The quantitative estimate of drug-likeness (QED) is 0.872. The largest absolute Gasteiger partial charge is 0.487 e. The van der Waals surface area contributed by atoms with Crippen molar-refractivity contribution in [1.29, 1.82) is 0 Å². The van der Waals surface area contributed by atoms with Gasteiger partial charge in [-0.25, -0.2) is 0 Å². The maximum Gasteiger partial charge on any atom is 0.452 e. The second-order valence-corrected chi connectivity index (χ2v) is 6.94. The van der Waals surface area contributed by atoms with Crippen LogP contribution in [0.5, 0.6) is 5.75 Å². The van der Waals surface area contributed by atoms with Gasteiger partial charge in [0.15, 0.2) is 0 Å². The molecule has 26 heavy (non-hydrogen) atoms. The van der Waals surface area contributed by atoms with Crippen molar-refractivity contribution in [2.24, 2.45) is 11.8 Å². The molecule has 0 spiro atoms. The highest BCUT2D eigenvalue weighted by atomic mass is 19.4. The van der Waals surface area contributed by atoms with Gasteiger partial charge in [-0.05, 0) is 49.9 Å². The van der Waals surface area contributed by atoms with Crippen LogP contribution in [0.4, 0.5) is 13.2 Å². The molecule has 2 aromatic rings. The number of aliphatic hydroxyl groups is 1. The summed E-state index contributed by atoms with van der Waals surface area (Å²) < 4.78 is 48.7. The fourth-order valence-electron chi connectivity index (χ4n) is 3.86. The number of hydrogen-bond acceptors (Lipinski definition) is 5. The molecule has 4 atom stereocenters. The monoisotopic (exact) mass is 368 g/mol. The zero-order chi connectivity index (χ0) is 18.3. The van der Waals surface area contributed by atoms with Gasteiger partial charge < -0.3 is 19.7 Å². The number of benzene rings is 1. The summed E-state index contributed by atoms with van der Waals surface area (Å²) in [4.78, 5) is 0. The van der Waals surface area contributed by atoms with E-state index in [0.717, 1.165) is 19.2 Å². The Labute approximate surface area is 148 Å². The van der Waals surface area contributed by atoms with Crippen LogP contribution in [0.2, 0.25) is 0 Å². The van der Waals surface area contributed by atoms with Crippen LogP contribution in [0.15, 0.2) is 34.9 Å². The highest BCUT2D eigenvalue weighted by molar-refractivity contribution is 5.67. The third-order valence-electron chi connectivity index (χ3n) is 5.22. The molecule has 1 saturated heterocycles. The van der Waals surface area contributed by atoms with Gasteiger partial charge in [0.1, 0.15) is 17.5 Å². The first-order chi connectivity index (χ1) is 12.4. The summed E-state index contributed by atoms with van der Waals surface area (Å²) in [5.41, 5.74) is 0.462. The zero-order valence-corrected chi connectivity index (χ0v) is 13.9. The van der Waals surface area contributed by atoms with E-state index >= 15 is 0 Å². The molecule has 0 unspecified atom stereocenters. The maximum atomic E-state index is 12.8. The van der Waals surface area contributed by atoms with Gasteiger partial charge in [-0.1, -0.05) is 17.3 Å². The second-order valence-electron chi connectivity index (χ2n) is 6.94. The van der Waals surface area contributed by atoms with Crippen molar-refractivity contribution in [3.8, 4) is 17.0 Å². The van der Waals surface area contributed by atoms with Gasteiger partial charge >= 0.3 is 6.18 Å². The first-order valence-corrected chi connectivity index (χ1v) is 8.60. The Kier molecular flexibility index (Phi) is 4.40. The Balaban J connectivity index is 1.57. The molecule has 0 radical (unpaired) electrons. The molecule has 8 heteroatoms. The number of hydrogen-bond donors (Lipinski definition) is 2. The minimum absolute atomic E-state index is 0.0543. The van der Waals surface area contributed by atoms with E-state index in [4.69, 9.17) is 4.74 Å². The minimum Gasteiger partial charge on any atom is -0.487 e. The highest BCUT2D eigenvalue weighted by Crippen LogP contribution is 2.38. The first-order valence-electron chi connectivity index (χ1n) is 8.60. The number of aromatic nitrogens is 1. The number of aliphatic hydroxyl groups excluding tert-OH is 1. The molecule has 0 amide bonds. The molecule has 140 valence electrons. The van der Waals surface area contributed by atoms with Crippen molar-refractivity contribution in [3.63, 3.8) is 0 Å². The van der Waals surface area contributed by atoms with E-state index in [-0.39, 0.29) is 5.69 Å². The van der Waals surface area contributed by atoms with Crippen molar-refractivity contribution >= 4 is 0 Å². The highest BCUT2D eigenvalue weighted by Gasteiger charge is 2.40. The molecule has 1 saturated carbocycles. The number of halogens is 3. The summed E-state index contributed by atoms with van der Waals surface area (Å²) in [5, 5.41) is 17.3. The van der Waals surface area contributed by atoms with Gasteiger partial charge in [-0.3, -0.25) is 0 Å². The Morgan fingerprint density at radius 1 is 1.15 bits per heavy atom. The normalized spacial score (nSPS) is 28.8. The molecular formula is C18H19F3N2O3. The Bertz CT molecular complexity index is 777. The van der Waals surface area contributed by atoms with Crippen LogP contribution >= 0.6 is 0 Å². The zero-order valence-electron chi connectivity index (χ0n) is 13.9. The molecule has 2 heterocycles. The van der Waals surface area contributed by atoms with Crippen LogP contribution < -0.4 is 10.1 Å². The standard InChI is InChI=1S/C18H19F3N2O3/c19-18(20,21)17-7-13(23-26-17)12-3-1-2-4-15(12)25-16-6-11-9-22-8-10(11)5-14(16)24/h1-4,7,10-11,14,16,22,24H,5-6,8-9H2/t10-,11+,14+,16+/m0/s1. The number of alkyl halides is 3. The third-order valence-corrected chi connectivity index (χ3v) is 5.22. The summed E-state index contributed by atoms with van der Waals surface area (Å²) in [6.07, 6.45) is -4.23. The van der Waals surface area contributed by atoms with Crippen molar-refractivity contribution < 1.29 is 27.5 Å². The second kappa shape index (κ2) is 6.59. The summed E-state index contributed by atoms with van der Waals surface area (Å²) in [7, 11) is 0. The topological polar surface area (TPSA) is 67.5 Å². The van der Waals surface area contributed by atoms with Crippen molar-refractivity contribution in [2.45, 2.75) is 31.2 Å². The lowest BCUT2D eigenvalue weighted by Gasteiger charge is -2.35. The number of rotatable bonds is 3. The molecule has 2 fully saturated rings. The van der Waals surface area contributed by atoms with Crippen LogP contribution in [-0.4, -0.2) is 35.6 Å². The number of nitrogens with zero attached hydrogens (tertiary/aromatic N) is 1. The molecule has 4 rings (SSSR count). The number of ether oxygens (including phenoxy) is 1. The SMILES string of the molecule is O[C@@H]1C[C@H]2CNC[C@H]2C[C@H]1Oc1ccccc1-c1cc(C(F)(F)F)on1. The number of nitrogens with one attached hydrogen (secondary N) is 1. The molecule has 1 aromatic carbocycles. The molecule has 1 aliphatic carbocycles. The van der Waals surface area contributed by atoms with E-state index in [0.29, 0.717) is 36.0 Å². The average molecular weight is 368 g/mol. The molecule has 1 aromatic heterocycles. The van der Waals surface area contributed by atoms with Gasteiger partial charge in [0.05, 0.1) is 6.10 Å². The predicted octanol–water partition coefficient (Wildman–Crippen LogP) is 3.10. The van der Waals surface area contributed by atoms with Crippen LogP contribution in [0.3, 0.4) is 0 Å². The Morgan fingerprint density at radius 2 is 1.88 bits per heavy atom. The predicted molar refractivity (Wildman–Crippen MR) is 86.4 cm³/mol. The van der Waals surface area contributed by atoms with E-state index in [1.54, 1.807) is 24.3 Å². The molecule has 2 N–H and O–H groups in total. The molecular weight excluding hydrogens is 349 g/mol. The minimum atomic E-state index is -4.59. The van der Waals surface area contributed by atoms with Crippen molar-refractivity contribution in [1.82, 2.24) is 10.5 Å². The van der Waals surface area contributed by atoms with E-state index in [1.165, 1.54) is 0 Å². The van der Waals surface area contributed by atoms with Crippen molar-refractivity contribution in [2.75, 3.05) is 13.1 Å². The van der Waals surface area contributed by atoms with Crippen LogP contribution in [0.25, 0.3) is 11.3 Å². The van der Waals surface area contributed by atoms with Gasteiger partial charge in [0, 0.05) is 11.6 Å². The molecule has 1 aliphatic heterocycles. The summed E-state index contributed by atoms with van der Waals surface area (Å²) in [5.74, 6) is 0.132. The van der Waals surface area contributed by atoms with Gasteiger partial charge in [0.2, 0.25) is 5.76 Å². The van der Waals surface area contributed by atoms with Crippen LogP contribution in [-0.2, 0) is 6.18 Å². The molecule has 0 bridgehead atoms. The molecule has 5 nitrogen and oxygen atoms in total. The fourth-order valence-corrected chi connectivity index (χ4v) is 3.86.